The molecule has 0 fully saturated rings. The topological polar surface area (TPSA) is 88.8 Å². The largest absolute Gasteiger partial charge is 0.490 e. The van der Waals surface area contributed by atoms with Gasteiger partial charge < -0.3 is 19.3 Å². The number of carbonyl (C=O) groups is 2. The molecule has 0 spiro atoms. The predicted molar refractivity (Wildman–Crippen MR) is 101 cm³/mol. The van der Waals surface area contributed by atoms with E-state index in [0.717, 1.165) is 11.1 Å². The van der Waals surface area contributed by atoms with Gasteiger partial charge in [-0.15, -0.1) is 0 Å². The van der Waals surface area contributed by atoms with Crippen molar-refractivity contribution in [3.8, 4) is 5.75 Å². The van der Waals surface area contributed by atoms with E-state index in [-0.39, 0.29) is 29.5 Å². The number of halogens is 1. The van der Waals surface area contributed by atoms with Crippen molar-refractivity contribution < 1.29 is 23.8 Å². The lowest BCUT2D eigenvalue weighted by Crippen LogP contribution is -2.39. The van der Waals surface area contributed by atoms with E-state index >= 15 is 0 Å². The zero-order chi connectivity index (χ0) is 20.8. The van der Waals surface area contributed by atoms with Gasteiger partial charge >= 0.3 is 5.97 Å². The lowest BCUT2D eigenvalue weighted by Gasteiger charge is -2.29. The SMILES string of the molecule is CCC(=O)O.COc1c2c(cn(C)c1=O)CCN(Cc1ccc(F)cc1)C2=O. The minimum atomic E-state index is -0.745. The lowest BCUT2D eigenvalue weighted by molar-refractivity contribution is -0.136. The summed E-state index contributed by atoms with van der Waals surface area (Å²) < 4.78 is 19.6. The van der Waals surface area contributed by atoms with Crippen LogP contribution in [0.3, 0.4) is 0 Å². The number of pyridine rings is 1. The molecule has 2 heterocycles. The monoisotopic (exact) mass is 390 g/mol. The molecule has 0 saturated carbocycles. The molecule has 1 aromatic heterocycles. The molecule has 0 saturated heterocycles. The quantitative estimate of drug-likeness (QED) is 0.865. The fourth-order valence-electron chi connectivity index (χ4n) is 2.86. The van der Waals surface area contributed by atoms with Crippen LogP contribution >= 0.6 is 0 Å². The first-order valence-electron chi connectivity index (χ1n) is 8.80. The summed E-state index contributed by atoms with van der Waals surface area (Å²) >= 11 is 0. The molecule has 0 atom stereocenters. The molecule has 0 aliphatic carbocycles. The molecule has 1 aliphatic heterocycles. The molecule has 28 heavy (non-hydrogen) atoms. The van der Waals surface area contributed by atoms with Gasteiger partial charge in [0.15, 0.2) is 5.75 Å². The van der Waals surface area contributed by atoms with Crippen LogP contribution in [0.2, 0.25) is 0 Å². The van der Waals surface area contributed by atoms with Crippen LogP contribution in [-0.2, 0) is 24.8 Å². The van der Waals surface area contributed by atoms with E-state index in [0.29, 0.717) is 25.1 Å². The molecular weight excluding hydrogens is 367 g/mol. The standard InChI is InChI=1S/C17H17FN2O3.C3H6O2/c1-19-10-12-7-8-20(9-11-3-5-13(18)6-4-11)16(21)14(12)15(23-2)17(19)22;1-2-3(4)5/h3-6,10H,7-9H2,1-2H3;2H2,1H3,(H,4,5). The van der Waals surface area contributed by atoms with E-state index < -0.39 is 5.97 Å². The molecule has 1 aliphatic rings. The Morgan fingerprint density at radius 1 is 1.25 bits per heavy atom. The second kappa shape index (κ2) is 9.16. The third kappa shape index (κ3) is 4.76. The van der Waals surface area contributed by atoms with Gasteiger partial charge in [-0.25, -0.2) is 4.39 Å². The minimum Gasteiger partial charge on any atom is -0.490 e. The third-order valence-electron chi connectivity index (χ3n) is 4.36. The van der Waals surface area contributed by atoms with Crippen molar-refractivity contribution in [2.75, 3.05) is 13.7 Å². The number of amides is 1. The number of methoxy groups -OCH3 is 1. The number of nitrogens with zero attached hydrogens (tertiary/aromatic N) is 2. The summed E-state index contributed by atoms with van der Waals surface area (Å²) in [6.45, 7) is 2.52. The first-order valence-corrected chi connectivity index (χ1v) is 8.80. The second-order valence-electron chi connectivity index (χ2n) is 6.33. The average molecular weight is 390 g/mol. The van der Waals surface area contributed by atoms with Gasteiger partial charge in [0.25, 0.3) is 11.5 Å². The molecule has 3 rings (SSSR count). The average Bonchev–Trinajstić information content (AvgIpc) is 2.67. The number of ether oxygens (including phenoxy) is 1. The maximum atomic E-state index is 13.0. The predicted octanol–water partition coefficient (Wildman–Crippen LogP) is 2.21. The van der Waals surface area contributed by atoms with Crippen LogP contribution in [0.1, 0.15) is 34.8 Å². The smallest absolute Gasteiger partial charge is 0.303 e. The van der Waals surface area contributed by atoms with Gasteiger partial charge in [-0.3, -0.25) is 14.4 Å². The van der Waals surface area contributed by atoms with E-state index in [1.807, 2.05) is 0 Å². The summed E-state index contributed by atoms with van der Waals surface area (Å²) in [4.78, 5) is 35.9. The Labute approximate surface area is 162 Å². The number of carboxylic acids is 1. The number of carbonyl (C=O) groups excluding carboxylic acids is 1. The summed E-state index contributed by atoms with van der Waals surface area (Å²) in [5.74, 6) is -1.21. The summed E-state index contributed by atoms with van der Waals surface area (Å²) in [5.41, 5.74) is 1.66. The molecule has 2 aromatic rings. The summed E-state index contributed by atoms with van der Waals surface area (Å²) in [6, 6.07) is 6.04. The van der Waals surface area contributed by atoms with Crippen LogP contribution in [0.4, 0.5) is 4.39 Å². The number of fused-ring (bicyclic) bond motifs is 1. The minimum absolute atomic E-state index is 0.0822. The zero-order valence-corrected chi connectivity index (χ0v) is 16.1. The Kier molecular flexibility index (Phi) is 6.92. The molecule has 8 heteroatoms. The molecule has 1 N–H and O–H groups in total. The number of benzene rings is 1. The lowest BCUT2D eigenvalue weighted by atomic mass is 9.99. The first kappa shape index (κ1) is 21.1. The van der Waals surface area contributed by atoms with E-state index in [9.17, 15) is 18.8 Å². The van der Waals surface area contributed by atoms with E-state index in [4.69, 9.17) is 9.84 Å². The molecular formula is C20H23FN2O5. The highest BCUT2D eigenvalue weighted by atomic mass is 19.1. The fourth-order valence-corrected chi connectivity index (χ4v) is 2.86. The van der Waals surface area contributed by atoms with Crippen LogP contribution in [0.5, 0.6) is 5.75 Å². The van der Waals surface area contributed by atoms with Crippen molar-refractivity contribution in [2.45, 2.75) is 26.3 Å². The molecule has 1 amide bonds. The van der Waals surface area contributed by atoms with Gasteiger partial charge in [0.2, 0.25) is 0 Å². The van der Waals surface area contributed by atoms with Crippen molar-refractivity contribution in [1.29, 1.82) is 0 Å². The van der Waals surface area contributed by atoms with Crippen molar-refractivity contribution in [2.24, 2.45) is 7.05 Å². The van der Waals surface area contributed by atoms with Gasteiger partial charge in [-0.2, -0.15) is 0 Å². The fraction of sp³-hybridized carbons (Fsp3) is 0.350. The van der Waals surface area contributed by atoms with E-state index in [2.05, 4.69) is 0 Å². The number of aryl methyl sites for hydroxylation is 1. The van der Waals surface area contributed by atoms with Crippen LogP contribution in [0.25, 0.3) is 0 Å². The van der Waals surface area contributed by atoms with Crippen LogP contribution in [0.15, 0.2) is 35.3 Å². The molecule has 1 aromatic carbocycles. The molecule has 150 valence electrons. The highest BCUT2D eigenvalue weighted by Gasteiger charge is 2.30. The number of aromatic nitrogens is 1. The number of aliphatic carboxylic acids is 1. The van der Waals surface area contributed by atoms with E-state index in [1.54, 1.807) is 37.2 Å². The van der Waals surface area contributed by atoms with Gasteiger partial charge in [0.1, 0.15) is 5.82 Å². The Morgan fingerprint density at radius 3 is 2.39 bits per heavy atom. The number of carboxylic acid groups (broad SMARTS) is 1. The normalized spacial score (nSPS) is 12.7. The Morgan fingerprint density at radius 2 is 1.86 bits per heavy atom. The number of hydrogen-bond acceptors (Lipinski definition) is 4. The third-order valence-corrected chi connectivity index (χ3v) is 4.36. The summed E-state index contributed by atoms with van der Waals surface area (Å²) in [6.07, 6.45) is 2.56. The van der Waals surface area contributed by atoms with Gasteiger partial charge in [-0.05, 0) is 29.7 Å². The molecule has 0 radical (unpaired) electrons. The van der Waals surface area contributed by atoms with Gasteiger partial charge in [0, 0.05) is 32.8 Å². The molecule has 0 bridgehead atoms. The van der Waals surface area contributed by atoms with Crippen molar-refractivity contribution in [1.82, 2.24) is 9.47 Å². The van der Waals surface area contributed by atoms with Gasteiger partial charge in [0.05, 0.1) is 12.7 Å². The van der Waals surface area contributed by atoms with Crippen molar-refractivity contribution in [3.05, 3.63) is 63.3 Å². The van der Waals surface area contributed by atoms with Gasteiger partial charge in [-0.1, -0.05) is 19.1 Å². The van der Waals surface area contributed by atoms with Crippen LogP contribution in [-0.4, -0.2) is 40.1 Å². The maximum Gasteiger partial charge on any atom is 0.303 e. The van der Waals surface area contributed by atoms with Crippen molar-refractivity contribution >= 4 is 11.9 Å². The summed E-state index contributed by atoms with van der Waals surface area (Å²) in [7, 11) is 3.03. The second-order valence-corrected chi connectivity index (χ2v) is 6.33. The summed E-state index contributed by atoms with van der Waals surface area (Å²) in [5, 5.41) is 7.72. The molecule has 0 unspecified atom stereocenters. The highest BCUT2D eigenvalue weighted by molar-refractivity contribution is 5.99. The molecule has 7 nitrogen and oxygen atoms in total. The Hall–Kier alpha value is -3.16. The first-order chi connectivity index (χ1) is 13.3. The zero-order valence-electron chi connectivity index (χ0n) is 16.1. The number of rotatable bonds is 4. The maximum absolute atomic E-state index is 13.0. The highest BCUT2D eigenvalue weighted by Crippen LogP contribution is 2.26. The number of hydrogen-bond donors (Lipinski definition) is 1. The Balaban J connectivity index is 0.000000500. The van der Waals surface area contributed by atoms with Crippen molar-refractivity contribution in [3.63, 3.8) is 0 Å². The van der Waals surface area contributed by atoms with Crippen LogP contribution < -0.4 is 10.3 Å². The van der Waals surface area contributed by atoms with Crippen LogP contribution in [0, 0.1) is 5.82 Å². The van der Waals surface area contributed by atoms with E-state index in [1.165, 1.54) is 23.8 Å². The Bertz CT molecular complexity index is 921.